The van der Waals surface area contributed by atoms with Crippen LogP contribution in [0, 0.1) is 0 Å². The van der Waals surface area contributed by atoms with E-state index < -0.39 is 0 Å². The molecular formula is C78H45N6O4+. The molecule has 0 spiro atoms. The zero-order chi connectivity index (χ0) is 57.6. The number of fused-ring (bicyclic) bond motifs is 18. The summed E-state index contributed by atoms with van der Waals surface area (Å²) in [7, 11) is 0. The highest BCUT2D eigenvalue weighted by molar-refractivity contribution is 6.25. The quantitative estimate of drug-likeness (QED) is 0.109. The summed E-state index contributed by atoms with van der Waals surface area (Å²) in [6, 6.07) is 87.2. The van der Waals surface area contributed by atoms with Gasteiger partial charge >= 0.3 is 5.71 Å². The van der Waals surface area contributed by atoms with E-state index in [2.05, 4.69) is 203 Å². The molecule has 0 aliphatic carbocycles. The van der Waals surface area contributed by atoms with E-state index in [9.17, 15) is 0 Å². The lowest BCUT2D eigenvalue weighted by molar-refractivity contribution is -0.572. The van der Waals surface area contributed by atoms with Crippen molar-refractivity contribution in [2.45, 2.75) is 0 Å². The Hall–Kier alpha value is -12.1. The molecule has 0 fully saturated rings. The van der Waals surface area contributed by atoms with Crippen LogP contribution in [-0.4, -0.2) is 15.0 Å². The first-order valence-electron chi connectivity index (χ1n) is 29.4. The molecular weight excluding hydrogens is 1080 g/mol. The van der Waals surface area contributed by atoms with Crippen molar-refractivity contribution in [1.82, 2.24) is 15.0 Å². The molecule has 0 saturated heterocycles. The van der Waals surface area contributed by atoms with Crippen molar-refractivity contribution in [2.75, 3.05) is 9.80 Å². The molecule has 19 aromatic rings. The van der Waals surface area contributed by atoms with E-state index >= 15 is 0 Å². The number of hydrogen-bond donors (Lipinski definition) is 0. The van der Waals surface area contributed by atoms with Gasteiger partial charge in [-0.3, -0.25) is 9.88 Å². The Bertz CT molecular complexity index is 6120. The van der Waals surface area contributed by atoms with E-state index in [0.717, 1.165) is 159 Å². The highest BCUT2D eigenvalue weighted by Gasteiger charge is 2.32. The third kappa shape index (κ3) is 7.17. The normalized spacial score (nSPS) is 12.1. The lowest BCUT2D eigenvalue weighted by Gasteiger charge is -2.27. The average molecular weight is 1130 g/mol. The van der Waals surface area contributed by atoms with Gasteiger partial charge in [-0.15, -0.1) is 4.57 Å². The summed E-state index contributed by atoms with van der Waals surface area (Å²) >= 11 is 0. The van der Waals surface area contributed by atoms with Crippen molar-refractivity contribution >= 4 is 165 Å². The minimum Gasteiger partial charge on any atom is -0.456 e. The summed E-state index contributed by atoms with van der Waals surface area (Å²) in [5.74, 6) is 0.697. The van der Waals surface area contributed by atoms with E-state index in [4.69, 9.17) is 32.6 Å². The van der Waals surface area contributed by atoms with Gasteiger partial charge in [-0.2, -0.15) is 0 Å². The van der Waals surface area contributed by atoms with Crippen molar-refractivity contribution in [3.8, 4) is 16.8 Å². The molecule has 0 amide bonds. The molecule has 19 rings (SSSR count). The van der Waals surface area contributed by atoms with Gasteiger partial charge in [0.25, 0.3) is 0 Å². The molecule has 0 bridgehead atoms. The molecule has 0 saturated carbocycles. The minimum atomic E-state index is 0.556. The van der Waals surface area contributed by atoms with Gasteiger partial charge in [-0.25, -0.2) is 9.97 Å². The molecule has 8 heterocycles. The Labute approximate surface area is 500 Å². The van der Waals surface area contributed by atoms with Gasteiger partial charge < -0.3 is 22.6 Å². The van der Waals surface area contributed by atoms with E-state index in [1.54, 1.807) is 0 Å². The predicted molar refractivity (Wildman–Crippen MR) is 355 cm³/mol. The van der Waals surface area contributed by atoms with Crippen molar-refractivity contribution in [3.63, 3.8) is 0 Å². The first kappa shape index (κ1) is 48.3. The van der Waals surface area contributed by atoms with Gasteiger partial charge in [0.2, 0.25) is 17.6 Å². The third-order valence-corrected chi connectivity index (χ3v) is 17.6. The van der Waals surface area contributed by atoms with E-state index in [-0.39, 0.29) is 0 Å². The minimum absolute atomic E-state index is 0.556. The van der Waals surface area contributed by atoms with Gasteiger partial charge in [0.05, 0.1) is 33.2 Å². The Balaban J connectivity index is 0.895. The van der Waals surface area contributed by atoms with Gasteiger partial charge in [0.1, 0.15) is 50.3 Å². The third-order valence-electron chi connectivity index (χ3n) is 17.6. The van der Waals surface area contributed by atoms with Crippen LogP contribution >= 0.6 is 0 Å². The molecule has 88 heavy (non-hydrogen) atoms. The number of hydrogen-bond acceptors (Lipinski definition) is 9. The SMILES string of the molecule is c1ccc(-c2ccc3ccc(N(c4cc5c6ccccc6oc5[n+](-c5cc6c7ccccc7c(N(c7ccnc8c7oc7ccccc78)c7nccc8oc9ccccc9c78)cc6c6ccccc56)c4)c4ccnc5oc6ccccc6c45)cc3c2)cc1. The van der Waals surface area contributed by atoms with Crippen LogP contribution in [0.3, 0.4) is 0 Å². The van der Waals surface area contributed by atoms with Gasteiger partial charge in [-0.1, -0.05) is 158 Å². The molecule has 410 valence electrons. The Morgan fingerprint density at radius 3 is 1.74 bits per heavy atom. The summed E-state index contributed by atoms with van der Waals surface area (Å²) in [5.41, 5.74) is 14.2. The van der Waals surface area contributed by atoms with E-state index in [1.165, 1.54) is 0 Å². The summed E-state index contributed by atoms with van der Waals surface area (Å²) < 4.78 is 29.4. The van der Waals surface area contributed by atoms with Crippen LogP contribution in [-0.2, 0) is 0 Å². The second kappa shape index (κ2) is 18.7. The number of pyridine rings is 4. The number of aromatic nitrogens is 4. The number of nitrogens with zero attached hydrogens (tertiary/aromatic N) is 6. The van der Waals surface area contributed by atoms with Crippen LogP contribution in [0.4, 0.5) is 34.3 Å². The maximum Gasteiger partial charge on any atom is 0.387 e. The molecule has 0 aliphatic heterocycles. The fraction of sp³-hybridized carbons (Fsp3) is 0. The van der Waals surface area contributed by atoms with Crippen LogP contribution in [0.5, 0.6) is 0 Å². The van der Waals surface area contributed by atoms with Crippen LogP contribution in [0.2, 0.25) is 0 Å². The number of furan rings is 4. The van der Waals surface area contributed by atoms with Gasteiger partial charge in [0, 0.05) is 57.3 Å². The number of rotatable bonds is 8. The molecule has 0 aliphatic rings. The predicted octanol–water partition coefficient (Wildman–Crippen LogP) is 21.0. The summed E-state index contributed by atoms with van der Waals surface area (Å²) in [6.07, 6.45) is 7.78. The Morgan fingerprint density at radius 2 is 0.932 bits per heavy atom. The zero-order valence-corrected chi connectivity index (χ0v) is 46.8. The molecule has 11 aromatic carbocycles. The fourth-order valence-electron chi connectivity index (χ4n) is 13.7. The average Bonchev–Trinajstić information content (AvgIpc) is 1.51. The highest BCUT2D eigenvalue weighted by atomic mass is 16.3. The Morgan fingerprint density at radius 1 is 0.318 bits per heavy atom. The molecule has 0 N–H and O–H groups in total. The van der Waals surface area contributed by atoms with Crippen molar-refractivity contribution < 1.29 is 22.2 Å². The molecule has 0 atom stereocenters. The molecule has 8 aromatic heterocycles. The fourth-order valence-corrected chi connectivity index (χ4v) is 13.7. The van der Waals surface area contributed by atoms with Crippen molar-refractivity contribution in [2.24, 2.45) is 0 Å². The molecule has 0 radical (unpaired) electrons. The summed E-state index contributed by atoms with van der Waals surface area (Å²) in [4.78, 5) is 19.7. The standard InChI is InChI=1S/C78H45N6O4/c1-2-16-46(17-3-1)48-31-30-47-32-33-50(41-49(47)40-48)83(63-34-38-81-77-72(63)57-23-9-14-28-69(57)87-77)51-42-62-56-22-8-12-26-67(56)88-78(62)82(45-51)65-43-60-53-19-5-7-21-55(53)66(44-61(60)52-18-4-6-20-54(52)65)84(64-35-37-79-74-59-25-11-15-29-70(59)86-75(64)74)76-73-58-24-10-13-27-68(58)85-71(73)36-39-80-76/h1-45H/q+1. The number of benzene rings is 11. The molecule has 10 nitrogen and oxygen atoms in total. The van der Waals surface area contributed by atoms with Crippen LogP contribution in [0.15, 0.2) is 291 Å². The van der Waals surface area contributed by atoms with Gasteiger partial charge in [-0.05, 0) is 128 Å². The maximum absolute atomic E-state index is 7.11. The van der Waals surface area contributed by atoms with Crippen LogP contribution in [0.1, 0.15) is 0 Å². The smallest absolute Gasteiger partial charge is 0.387 e. The second-order valence-corrected chi connectivity index (χ2v) is 22.5. The maximum atomic E-state index is 7.11. The van der Waals surface area contributed by atoms with Crippen molar-refractivity contribution in [1.29, 1.82) is 0 Å². The van der Waals surface area contributed by atoms with E-state index in [0.29, 0.717) is 22.8 Å². The van der Waals surface area contributed by atoms with E-state index in [1.807, 2.05) is 85.3 Å². The summed E-state index contributed by atoms with van der Waals surface area (Å²) in [6.45, 7) is 0. The van der Waals surface area contributed by atoms with Gasteiger partial charge in [0.15, 0.2) is 5.58 Å². The molecule has 10 heteroatoms. The summed E-state index contributed by atoms with van der Waals surface area (Å²) in [5, 5.41) is 15.1. The highest BCUT2D eigenvalue weighted by Crippen LogP contribution is 2.50. The monoisotopic (exact) mass is 1130 g/mol. The van der Waals surface area contributed by atoms with Crippen LogP contribution in [0.25, 0.3) is 148 Å². The largest absolute Gasteiger partial charge is 0.456 e. The topological polar surface area (TPSA) is 102 Å². The number of anilines is 6. The molecule has 0 unspecified atom stereocenters. The first-order chi connectivity index (χ1) is 43.6. The van der Waals surface area contributed by atoms with Crippen molar-refractivity contribution in [3.05, 3.63) is 274 Å². The zero-order valence-electron chi connectivity index (χ0n) is 46.8. The first-order valence-corrected chi connectivity index (χ1v) is 29.4. The Kier molecular flexibility index (Phi) is 10.2. The second-order valence-electron chi connectivity index (χ2n) is 22.5. The van der Waals surface area contributed by atoms with Crippen LogP contribution < -0.4 is 14.4 Å². The lowest BCUT2D eigenvalue weighted by atomic mass is 9.94. The lowest BCUT2D eigenvalue weighted by Crippen LogP contribution is -2.32. The number of para-hydroxylation sites is 4.